The van der Waals surface area contributed by atoms with Gasteiger partial charge >= 0.3 is 0 Å². The van der Waals surface area contributed by atoms with Crippen molar-refractivity contribution in [2.75, 3.05) is 12.3 Å². The number of fused-ring (bicyclic) bond motifs is 1. The molecule has 0 spiro atoms. The van der Waals surface area contributed by atoms with Crippen molar-refractivity contribution in [3.8, 4) is 0 Å². The smallest absolute Gasteiger partial charge is 0.131 e. The molecule has 17 heavy (non-hydrogen) atoms. The topological polar surface area (TPSA) is 12.0 Å². The Balaban J connectivity index is 2.48. The maximum Gasteiger partial charge on any atom is 0.131 e. The monoisotopic (exact) mass is 257 g/mol. The van der Waals surface area contributed by atoms with Crippen molar-refractivity contribution in [1.82, 2.24) is 5.32 Å². The van der Waals surface area contributed by atoms with Crippen molar-refractivity contribution in [3.63, 3.8) is 0 Å². The lowest BCUT2D eigenvalue weighted by molar-refractivity contribution is 0.409. The van der Waals surface area contributed by atoms with Gasteiger partial charge < -0.3 is 5.32 Å². The van der Waals surface area contributed by atoms with E-state index in [0.717, 1.165) is 23.9 Å². The summed E-state index contributed by atoms with van der Waals surface area (Å²) in [5.74, 6) is 1.11. The fourth-order valence-electron chi connectivity index (χ4n) is 2.36. The van der Waals surface area contributed by atoms with Gasteiger partial charge in [0.15, 0.2) is 0 Å². The standard InChI is InChI=1S/C13H17F2NS/c1-3-16-13-8(2)6-17-7-9-4-10(14)5-11(15)12(9)13/h4-5,8,13,16H,3,6-7H2,1-2H3. The molecule has 0 bridgehead atoms. The molecule has 0 saturated carbocycles. The second kappa shape index (κ2) is 5.36. The lowest BCUT2D eigenvalue weighted by Gasteiger charge is -2.24. The van der Waals surface area contributed by atoms with Crippen LogP contribution in [0.15, 0.2) is 12.1 Å². The summed E-state index contributed by atoms with van der Waals surface area (Å²) in [6.45, 7) is 4.90. The molecule has 0 radical (unpaired) electrons. The zero-order valence-corrected chi connectivity index (χ0v) is 10.9. The van der Waals surface area contributed by atoms with Gasteiger partial charge in [-0.25, -0.2) is 8.78 Å². The molecule has 2 atom stereocenters. The van der Waals surface area contributed by atoms with E-state index >= 15 is 0 Å². The Labute approximate surface area is 105 Å². The highest BCUT2D eigenvalue weighted by atomic mass is 32.2. The summed E-state index contributed by atoms with van der Waals surface area (Å²) >= 11 is 1.74. The largest absolute Gasteiger partial charge is 0.310 e. The van der Waals surface area contributed by atoms with Crippen LogP contribution in [0.1, 0.15) is 31.0 Å². The minimum Gasteiger partial charge on any atom is -0.310 e. The molecule has 1 nitrogen and oxygen atoms in total. The van der Waals surface area contributed by atoms with Crippen molar-refractivity contribution < 1.29 is 8.78 Å². The molecule has 2 rings (SSSR count). The average molecular weight is 257 g/mol. The summed E-state index contributed by atoms with van der Waals surface area (Å²) in [6, 6.07) is 2.45. The fraction of sp³-hybridized carbons (Fsp3) is 0.538. The SMILES string of the molecule is CCNC1c2c(F)cc(F)cc2CSCC1C. The van der Waals surface area contributed by atoms with Crippen molar-refractivity contribution in [1.29, 1.82) is 0 Å². The Morgan fingerprint density at radius 3 is 2.88 bits per heavy atom. The van der Waals surface area contributed by atoms with Gasteiger partial charge in [0.05, 0.1) is 0 Å². The van der Waals surface area contributed by atoms with Crippen molar-refractivity contribution in [2.24, 2.45) is 5.92 Å². The van der Waals surface area contributed by atoms with Crippen LogP contribution in [-0.2, 0) is 5.75 Å². The Morgan fingerprint density at radius 1 is 1.41 bits per heavy atom. The molecule has 1 aliphatic rings. The zero-order valence-electron chi connectivity index (χ0n) is 10.1. The minimum absolute atomic E-state index is 0.00870. The second-order valence-corrected chi connectivity index (χ2v) is 5.52. The Hall–Kier alpha value is -0.610. The third kappa shape index (κ3) is 2.63. The summed E-state index contributed by atoms with van der Waals surface area (Å²) in [6.07, 6.45) is 0. The lowest BCUT2D eigenvalue weighted by Crippen LogP contribution is -2.28. The zero-order chi connectivity index (χ0) is 12.4. The van der Waals surface area contributed by atoms with Gasteiger partial charge in [-0.2, -0.15) is 11.8 Å². The van der Waals surface area contributed by atoms with Gasteiger partial charge in [0.2, 0.25) is 0 Å². The molecule has 1 aliphatic heterocycles. The first kappa shape index (κ1) is 12.8. The summed E-state index contributed by atoms with van der Waals surface area (Å²) in [5, 5.41) is 3.31. The predicted octanol–water partition coefficient (Wildman–Crippen LogP) is 3.50. The van der Waals surface area contributed by atoms with E-state index in [-0.39, 0.29) is 6.04 Å². The Kier molecular flexibility index (Phi) is 4.05. The third-order valence-electron chi connectivity index (χ3n) is 3.12. The molecule has 1 aromatic rings. The van der Waals surface area contributed by atoms with E-state index in [2.05, 4.69) is 12.2 Å². The molecule has 1 heterocycles. The normalized spacial score (nSPS) is 24.2. The van der Waals surface area contributed by atoms with Crippen LogP contribution in [0.2, 0.25) is 0 Å². The van der Waals surface area contributed by atoms with Crippen LogP contribution < -0.4 is 5.32 Å². The van der Waals surface area contributed by atoms with E-state index in [1.807, 2.05) is 6.92 Å². The van der Waals surface area contributed by atoms with E-state index in [9.17, 15) is 8.78 Å². The van der Waals surface area contributed by atoms with Crippen LogP contribution in [0, 0.1) is 17.6 Å². The molecule has 1 aromatic carbocycles. The van der Waals surface area contributed by atoms with Crippen LogP contribution in [0.5, 0.6) is 0 Å². The van der Waals surface area contributed by atoms with E-state index < -0.39 is 11.6 Å². The van der Waals surface area contributed by atoms with E-state index in [1.165, 1.54) is 6.07 Å². The molecular formula is C13H17F2NS. The van der Waals surface area contributed by atoms with Crippen LogP contribution in [0.4, 0.5) is 8.78 Å². The first-order valence-electron chi connectivity index (χ1n) is 5.92. The van der Waals surface area contributed by atoms with E-state index in [0.29, 0.717) is 17.2 Å². The molecule has 0 fully saturated rings. The lowest BCUT2D eigenvalue weighted by atomic mass is 9.92. The Bertz CT molecular complexity index is 409. The number of benzene rings is 1. The van der Waals surface area contributed by atoms with Crippen molar-refractivity contribution in [3.05, 3.63) is 34.9 Å². The van der Waals surface area contributed by atoms with Gasteiger partial charge in [-0.3, -0.25) is 0 Å². The van der Waals surface area contributed by atoms with Crippen LogP contribution in [0.3, 0.4) is 0 Å². The highest BCUT2D eigenvalue weighted by Gasteiger charge is 2.27. The molecular weight excluding hydrogens is 240 g/mol. The maximum atomic E-state index is 14.0. The van der Waals surface area contributed by atoms with Gasteiger partial charge in [0.1, 0.15) is 11.6 Å². The van der Waals surface area contributed by atoms with E-state index in [4.69, 9.17) is 0 Å². The summed E-state index contributed by atoms with van der Waals surface area (Å²) in [4.78, 5) is 0. The van der Waals surface area contributed by atoms with Gasteiger partial charge in [-0.1, -0.05) is 13.8 Å². The summed E-state index contributed by atoms with van der Waals surface area (Å²) in [5.41, 5.74) is 1.45. The molecule has 4 heteroatoms. The van der Waals surface area contributed by atoms with Crippen LogP contribution in [-0.4, -0.2) is 12.3 Å². The highest BCUT2D eigenvalue weighted by molar-refractivity contribution is 7.98. The first-order valence-corrected chi connectivity index (χ1v) is 7.08. The average Bonchev–Trinajstić information content (AvgIpc) is 2.40. The number of hydrogen-bond donors (Lipinski definition) is 1. The third-order valence-corrected chi connectivity index (χ3v) is 4.40. The molecule has 2 unspecified atom stereocenters. The molecule has 0 saturated heterocycles. The van der Waals surface area contributed by atoms with E-state index in [1.54, 1.807) is 11.8 Å². The van der Waals surface area contributed by atoms with Gasteiger partial charge in [-0.05, 0) is 29.8 Å². The van der Waals surface area contributed by atoms with Crippen LogP contribution in [0.25, 0.3) is 0 Å². The predicted molar refractivity (Wildman–Crippen MR) is 68.1 cm³/mol. The summed E-state index contributed by atoms with van der Waals surface area (Å²) < 4.78 is 27.2. The number of halogens is 2. The van der Waals surface area contributed by atoms with Gasteiger partial charge in [0, 0.05) is 23.4 Å². The minimum atomic E-state index is -0.480. The van der Waals surface area contributed by atoms with Gasteiger partial charge in [0.25, 0.3) is 0 Å². The van der Waals surface area contributed by atoms with Crippen molar-refractivity contribution >= 4 is 11.8 Å². The quantitative estimate of drug-likeness (QED) is 0.870. The van der Waals surface area contributed by atoms with Gasteiger partial charge in [-0.15, -0.1) is 0 Å². The number of nitrogens with one attached hydrogen (secondary N) is 1. The number of hydrogen-bond acceptors (Lipinski definition) is 2. The molecule has 0 aromatic heterocycles. The van der Waals surface area contributed by atoms with Crippen molar-refractivity contribution in [2.45, 2.75) is 25.6 Å². The van der Waals surface area contributed by atoms with Crippen LogP contribution >= 0.6 is 11.8 Å². The summed E-state index contributed by atoms with van der Waals surface area (Å²) in [7, 11) is 0. The maximum absolute atomic E-state index is 14.0. The first-order chi connectivity index (χ1) is 8.13. The number of rotatable bonds is 2. The molecule has 94 valence electrons. The second-order valence-electron chi connectivity index (χ2n) is 4.49. The fourth-order valence-corrected chi connectivity index (χ4v) is 3.51. The highest BCUT2D eigenvalue weighted by Crippen LogP contribution is 2.36. The molecule has 1 N–H and O–H groups in total. The Morgan fingerprint density at radius 2 is 2.18 bits per heavy atom. The molecule has 0 aliphatic carbocycles. The molecule has 0 amide bonds. The number of thioether (sulfide) groups is 1.